The molecule has 0 spiro atoms. The number of rotatable bonds is 6. The molecule has 1 atom stereocenters. The van der Waals surface area contributed by atoms with Crippen molar-refractivity contribution in [3.63, 3.8) is 0 Å². The van der Waals surface area contributed by atoms with Gasteiger partial charge in [0.2, 0.25) is 21.8 Å². The van der Waals surface area contributed by atoms with Gasteiger partial charge in [0.15, 0.2) is 0 Å². The van der Waals surface area contributed by atoms with E-state index in [1.807, 2.05) is 24.3 Å². The number of hydrogen-bond acceptors (Lipinski definition) is 4. The molecule has 2 saturated heterocycles. The minimum Gasteiger partial charge on any atom is -0.335 e. The van der Waals surface area contributed by atoms with Gasteiger partial charge in [0.1, 0.15) is 0 Å². The molecule has 8 heteroatoms. The van der Waals surface area contributed by atoms with Gasteiger partial charge in [-0.15, -0.1) is 0 Å². The molecule has 1 unspecified atom stereocenters. The highest BCUT2D eigenvalue weighted by atomic mass is 32.2. The standard InChI is InChI=1S/C20H27N3O4S/c1-28(26,27)21-15-18-5-2-3-13-23(18)20(25)12-9-16-7-10-17(11-8-16)22-14-4-6-19(22)24/h7-12,18,21H,2-6,13-15H2,1H3/b12-9+. The Morgan fingerprint density at radius 2 is 1.93 bits per heavy atom. The van der Waals surface area contributed by atoms with E-state index in [4.69, 9.17) is 0 Å². The average Bonchev–Trinajstić information content (AvgIpc) is 3.10. The van der Waals surface area contributed by atoms with Crippen molar-refractivity contribution in [3.05, 3.63) is 35.9 Å². The van der Waals surface area contributed by atoms with Crippen LogP contribution in [-0.4, -0.2) is 57.1 Å². The van der Waals surface area contributed by atoms with E-state index in [0.29, 0.717) is 13.0 Å². The fraction of sp³-hybridized carbons (Fsp3) is 0.500. The summed E-state index contributed by atoms with van der Waals surface area (Å²) in [6.07, 6.45) is 8.61. The molecule has 0 aliphatic carbocycles. The molecule has 28 heavy (non-hydrogen) atoms. The summed E-state index contributed by atoms with van der Waals surface area (Å²) in [6, 6.07) is 7.46. The zero-order valence-corrected chi connectivity index (χ0v) is 17.0. The Kier molecular flexibility index (Phi) is 6.51. The Balaban J connectivity index is 1.62. The largest absolute Gasteiger partial charge is 0.335 e. The predicted octanol–water partition coefficient (Wildman–Crippen LogP) is 1.76. The first-order valence-electron chi connectivity index (χ1n) is 9.67. The van der Waals surface area contributed by atoms with Crippen LogP contribution in [0.15, 0.2) is 30.3 Å². The summed E-state index contributed by atoms with van der Waals surface area (Å²) in [5, 5.41) is 0. The van der Waals surface area contributed by atoms with Gasteiger partial charge in [0.05, 0.1) is 6.26 Å². The normalized spacial score (nSPS) is 20.9. The van der Waals surface area contributed by atoms with Crippen LogP contribution in [-0.2, 0) is 19.6 Å². The Bertz CT molecular complexity index is 849. The van der Waals surface area contributed by atoms with Gasteiger partial charge in [-0.3, -0.25) is 9.59 Å². The number of nitrogens with one attached hydrogen (secondary N) is 1. The van der Waals surface area contributed by atoms with Crippen molar-refractivity contribution in [2.24, 2.45) is 0 Å². The van der Waals surface area contributed by atoms with Crippen LogP contribution >= 0.6 is 0 Å². The van der Waals surface area contributed by atoms with Crippen LogP contribution in [0, 0.1) is 0 Å². The van der Waals surface area contributed by atoms with Crippen LogP contribution < -0.4 is 9.62 Å². The second kappa shape index (κ2) is 8.87. The maximum absolute atomic E-state index is 12.6. The van der Waals surface area contributed by atoms with Crippen LogP contribution in [0.2, 0.25) is 0 Å². The Morgan fingerprint density at radius 1 is 1.18 bits per heavy atom. The first-order chi connectivity index (χ1) is 13.3. The van der Waals surface area contributed by atoms with Crippen molar-refractivity contribution in [2.45, 2.75) is 38.1 Å². The number of likely N-dealkylation sites (tertiary alicyclic amines) is 1. The number of nitrogens with zero attached hydrogens (tertiary/aromatic N) is 2. The van der Waals surface area contributed by atoms with Crippen molar-refractivity contribution in [1.82, 2.24) is 9.62 Å². The van der Waals surface area contributed by atoms with E-state index in [1.54, 1.807) is 15.9 Å². The number of sulfonamides is 1. The molecular formula is C20H27N3O4S. The minimum atomic E-state index is -3.28. The van der Waals surface area contributed by atoms with Crippen LogP contribution in [0.25, 0.3) is 6.08 Å². The zero-order valence-electron chi connectivity index (χ0n) is 16.1. The number of anilines is 1. The van der Waals surface area contributed by atoms with Gasteiger partial charge >= 0.3 is 0 Å². The van der Waals surface area contributed by atoms with Crippen molar-refractivity contribution in [1.29, 1.82) is 0 Å². The lowest BCUT2D eigenvalue weighted by Gasteiger charge is -2.35. The quantitative estimate of drug-likeness (QED) is 0.731. The van der Waals surface area contributed by atoms with Crippen molar-refractivity contribution >= 4 is 33.6 Å². The van der Waals surface area contributed by atoms with Crippen LogP contribution in [0.4, 0.5) is 5.69 Å². The first-order valence-corrected chi connectivity index (χ1v) is 11.6. The van der Waals surface area contributed by atoms with Gasteiger partial charge < -0.3 is 9.80 Å². The molecule has 0 radical (unpaired) electrons. The third-order valence-corrected chi connectivity index (χ3v) is 5.88. The topological polar surface area (TPSA) is 86.8 Å². The van der Waals surface area contributed by atoms with Gasteiger partial charge in [0.25, 0.3) is 0 Å². The van der Waals surface area contributed by atoms with E-state index < -0.39 is 10.0 Å². The second-order valence-electron chi connectivity index (χ2n) is 7.38. The fourth-order valence-electron chi connectivity index (χ4n) is 3.70. The number of benzene rings is 1. The second-order valence-corrected chi connectivity index (χ2v) is 9.21. The van der Waals surface area contributed by atoms with Crippen molar-refractivity contribution in [2.75, 3.05) is 30.8 Å². The van der Waals surface area contributed by atoms with Crippen molar-refractivity contribution in [3.8, 4) is 0 Å². The fourth-order valence-corrected chi connectivity index (χ4v) is 4.20. The molecule has 0 saturated carbocycles. The molecule has 2 heterocycles. The Labute approximate surface area is 166 Å². The summed E-state index contributed by atoms with van der Waals surface area (Å²) in [4.78, 5) is 28.0. The lowest BCUT2D eigenvalue weighted by atomic mass is 10.0. The Morgan fingerprint density at radius 3 is 2.57 bits per heavy atom. The summed E-state index contributed by atoms with van der Waals surface area (Å²) in [5.41, 5.74) is 1.76. The van der Waals surface area contributed by atoms with Gasteiger partial charge in [-0.1, -0.05) is 12.1 Å². The summed E-state index contributed by atoms with van der Waals surface area (Å²) >= 11 is 0. The smallest absolute Gasteiger partial charge is 0.246 e. The molecule has 0 bridgehead atoms. The third kappa shape index (κ3) is 5.42. The SMILES string of the molecule is CS(=O)(=O)NCC1CCCCN1C(=O)/C=C/c1ccc(N2CCCC2=O)cc1. The van der Waals surface area contributed by atoms with E-state index in [-0.39, 0.29) is 24.4 Å². The predicted molar refractivity (Wildman–Crippen MR) is 109 cm³/mol. The average molecular weight is 406 g/mol. The molecule has 2 amide bonds. The molecule has 2 fully saturated rings. The molecule has 0 aromatic heterocycles. The van der Waals surface area contributed by atoms with E-state index in [9.17, 15) is 18.0 Å². The minimum absolute atomic E-state index is 0.112. The lowest BCUT2D eigenvalue weighted by molar-refractivity contribution is -0.129. The maximum atomic E-state index is 12.6. The molecule has 7 nitrogen and oxygen atoms in total. The molecule has 152 valence electrons. The van der Waals surface area contributed by atoms with Crippen LogP contribution in [0.1, 0.15) is 37.7 Å². The summed E-state index contributed by atoms with van der Waals surface area (Å²) in [6.45, 7) is 1.64. The number of carbonyl (C=O) groups is 2. The molecule has 1 aromatic carbocycles. The van der Waals surface area contributed by atoms with Gasteiger partial charge in [-0.2, -0.15) is 0 Å². The summed E-state index contributed by atoms with van der Waals surface area (Å²) in [7, 11) is -3.28. The molecule has 3 rings (SSSR count). The maximum Gasteiger partial charge on any atom is 0.246 e. The molecule has 1 N–H and O–H groups in total. The monoisotopic (exact) mass is 405 g/mol. The molecule has 2 aliphatic heterocycles. The molecular weight excluding hydrogens is 378 g/mol. The van der Waals surface area contributed by atoms with Gasteiger partial charge in [0, 0.05) is 43.9 Å². The molecule has 2 aliphatic rings. The first kappa shape index (κ1) is 20.5. The summed E-state index contributed by atoms with van der Waals surface area (Å²) in [5.74, 6) is 0.0381. The van der Waals surface area contributed by atoms with Gasteiger partial charge in [-0.25, -0.2) is 13.1 Å². The number of amides is 2. The zero-order chi connectivity index (χ0) is 20.1. The summed E-state index contributed by atoms with van der Waals surface area (Å²) < 4.78 is 25.2. The number of carbonyl (C=O) groups excluding carboxylic acids is 2. The van der Waals surface area contributed by atoms with E-state index in [2.05, 4.69) is 4.72 Å². The highest BCUT2D eigenvalue weighted by molar-refractivity contribution is 7.88. The number of piperidine rings is 1. The van der Waals surface area contributed by atoms with E-state index >= 15 is 0 Å². The molecule has 1 aromatic rings. The third-order valence-electron chi connectivity index (χ3n) is 5.19. The number of hydrogen-bond donors (Lipinski definition) is 1. The Hall–Kier alpha value is -2.19. The highest BCUT2D eigenvalue weighted by Gasteiger charge is 2.26. The van der Waals surface area contributed by atoms with E-state index in [0.717, 1.165) is 49.7 Å². The van der Waals surface area contributed by atoms with Crippen molar-refractivity contribution < 1.29 is 18.0 Å². The van der Waals surface area contributed by atoms with Gasteiger partial charge in [-0.05, 0) is 49.5 Å². The van der Waals surface area contributed by atoms with Crippen LogP contribution in [0.3, 0.4) is 0 Å². The highest BCUT2D eigenvalue weighted by Crippen LogP contribution is 2.22. The van der Waals surface area contributed by atoms with E-state index in [1.165, 1.54) is 6.08 Å². The van der Waals surface area contributed by atoms with Crippen LogP contribution in [0.5, 0.6) is 0 Å². The lowest BCUT2D eigenvalue weighted by Crippen LogP contribution is -2.48.